The monoisotopic (exact) mass is 439 g/mol. The zero-order chi connectivity index (χ0) is 23.2. The van der Waals surface area contributed by atoms with Gasteiger partial charge in [0.25, 0.3) is 17.4 Å². The SMILES string of the molecule is Cc1cccc(/C=N\NC(=O)[C@H](NC(=O)c2ccccc2)c2n[nH]c(=O)c3ccccc23)c1. The molecule has 1 aromatic heterocycles. The Bertz CT molecular complexity index is 1400. The Balaban J connectivity index is 1.67. The van der Waals surface area contributed by atoms with Crippen LogP contribution in [0.25, 0.3) is 10.8 Å². The molecular weight excluding hydrogens is 418 g/mol. The normalized spacial score (nSPS) is 11.9. The molecular formula is C25H21N5O3. The standard InChI is InChI=1S/C25H21N5O3/c1-16-8-7-9-17(14-16)15-26-29-25(33)22(27-23(31)18-10-3-2-4-11-18)21-19-12-5-6-13-20(19)24(32)30-28-21/h2-15,22H,1H3,(H,27,31)(H,29,33)(H,30,32)/b26-15-/t22-/m1/s1. The Hall–Kier alpha value is -4.59. The average Bonchev–Trinajstić information content (AvgIpc) is 2.84. The minimum absolute atomic E-state index is 0.206. The molecule has 3 aromatic carbocycles. The Morgan fingerprint density at radius 1 is 0.970 bits per heavy atom. The van der Waals surface area contributed by atoms with Crippen molar-refractivity contribution in [1.29, 1.82) is 0 Å². The number of hydrazone groups is 1. The van der Waals surface area contributed by atoms with Crippen LogP contribution < -0.4 is 16.3 Å². The molecule has 8 heteroatoms. The second kappa shape index (κ2) is 9.69. The fourth-order valence-electron chi connectivity index (χ4n) is 3.40. The van der Waals surface area contributed by atoms with Gasteiger partial charge in [-0.05, 0) is 30.7 Å². The minimum Gasteiger partial charge on any atom is -0.335 e. The maximum absolute atomic E-state index is 13.1. The van der Waals surface area contributed by atoms with Gasteiger partial charge in [-0.3, -0.25) is 14.4 Å². The van der Waals surface area contributed by atoms with Crippen molar-refractivity contribution in [3.8, 4) is 0 Å². The topological polar surface area (TPSA) is 116 Å². The summed E-state index contributed by atoms with van der Waals surface area (Å²) in [7, 11) is 0. The van der Waals surface area contributed by atoms with Gasteiger partial charge < -0.3 is 5.32 Å². The first-order valence-electron chi connectivity index (χ1n) is 10.3. The van der Waals surface area contributed by atoms with Crippen molar-refractivity contribution in [3.63, 3.8) is 0 Å². The lowest BCUT2D eigenvalue weighted by Crippen LogP contribution is -2.40. The molecule has 0 spiro atoms. The number of hydrogen-bond donors (Lipinski definition) is 3. The summed E-state index contributed by atoms with van der Waals surface area (Å²) in [5.41, 5.74) is 4.54. The van der Waals surface area contributed by atoms with Crippen LogP contribution in [0.15, 0.2) is 88.8 Å². The Morgan fingerprint density at radius 3 is 2.45 bits per heavy atom. The maximum atomic E-state index is 13.1. The number of rotatable bonds is 6. The van der Waals surface area contributed by atoms with E-state index in [1.54, 1.807) is 54.6 Å². The number of H-pyrrole nitrogens is 1. The Morgan fingerprint density at radius 2 is 1.70 bits per heavy atom. The molecule has 4 rings (SSSR count). The van der Waals surface area contributed by atoms with Gasteiger partial charge in [-0.15, -0.1) is 0 Å². The summed E-state index contributed by atoms with van der Waals surface area (Å²) < 4.78 is 0. The number of nitrogens with one attached hydrogen (secondary N) is 3. The van der Waals surface area contributed by atoms with Gasteiger partial charge in [0.2, 0.25) is 0 Å². The van der Waals surface area contributed by atoms with E-state index in [0.717, 1.165) is 11.1 Å². The van der Waals surface area contributed by atoms with Crippen LogP contribution in [-0.4, -0.2) is 28.2 Å². The number of nitrogens with zero attached hydrogens (tertiary/aromatic N) is 2. The van der Waals surface area contributed by atoms with Crippen molar-refractivity contribution in [2.75, 3.05) is 0 Å². The summed E-state index contributed by atoms with van der Waals surface area (Å²) in [6.07, 6.45) is 1.51. The number of aromatic amines is 1. The molecule has 1 atom stereocenters. The third kappa shape index (κ3) is 5.01. The molecule has 0 unspecified atom stereocenters. The van der Waals surface area contributed by atoms with E-state index in [2.05, 4.69) is 26.0 Å². The fourth-order valence-corrected chi connectivity index (χ4v) is 3.40. The molecule has 0 bridgehead atoms. The quantitative estimate of drug-likeness (QED) is 0.316. The van der Waals surface area contributed by atoms with E-state index in [1.807, 2.05) is 31.2 Å². The second-order valence-corrected chi connectivity index (χ2v) is 7.40. The number of aryl methyl sites for hydroxylation is 1. The van der Waals surface area contributed by atoms with Crippen molar-refractivity contribution in [1.82, 2.24) is 20.9 Å². The van der Waals surface area contributed by atoms with Crippen LogP contribution in [0.2, 0.25) is 0 Å². The van der Waals surface area contributed by atoms with Crippen LogP contribution in [0.5, 0.6) is 0 Å². The van der Waals surface area contributed by atoms with E-state index in [1.165, 1.54) is 6.21 Å². The van der Waals surface area contributed by atoms with Crippen molar-refractivity contribution >= 4 is 28.8 Å². The molecule has 4 aromatic rings. The third-order valence-corrected chi connectivity index (χ3v) is 5.00. The van der Waals surface area contributed by atoms with Gasteiger partial charge in [0.1, 0.15) is 5.69 Å². The van der Waals surface area contributed by atoms with E-state index < -0.39 is 17.9 Å². The molecule has 0 aliphatic carbocycles. The van der Waals surface area contributed by atoms with Crippen molar-refractivity contribution in [3.05, 3.63) is 112 Å². The molecule has 0 aliphatic heterocycles. The molecule has 0 saturated carbocycles. The second-order valence-electron chi connectivity index (χ2n) is 7.40. The smallest absolute Gasteiger partial charge is 0.272 e. The number of aromatic nitrogens is 2. The maximum Gasteiger partial charge on any atom is 0.272 e. The summed E-state index contributed by atoms with van der Waals surface area (Å²) in [5.74, 6) is -1.07. The predicted molar refractivity (Wildman–Crippen MR) is 126 cm³/mol. The van der Waals surface area contributed by atoms with E-state index in [-0.39, 0.29) is 11.3 Å². The molecule has 33 heavy (non-hydrogen) atoms. The van der Waals surface area contributed by atoms with E-state index in [4.69, 9.17) is 0 Å². The number of carbonyl (C=O) groups is 2. The van der Waals surface area contributed by atoms with Crippen LogP contribution in [0, 0.1) is 6.92 Å². The van der Waals surface area contributed by atoms with Gasteiger partial charge in [-0.2, -0.15) is 10.2 Å². The Labute approximate surface area is 189 Å². The average molecular weight is 439 g/mol. The molecule has 164 valence electrons. The first kappa shape index (κ1) is 21.6. The van der Waals surface area contributed by atoms with E-state index in [0.29, 0.717) is 16.3 Å². The highest BCUT2D eigenvalue weighted by Crippen LogP contribution is 2.20. The van der Waals surface area contributed by atoms with Crippen molar-refractivity contribution in [2.24, 2.45) is 5.10 Å². The number of hydrogen-bond acceptors (Lipinski definition) is 5. The molecule has 8 nitrogen and oxygen atoms in total. The van der Waals surface area contributed by atoms with E-state index >= 15 is 0 Å². The minimum atomic E-state index is -1.20. The number of carbonyl (C=O) groups excluding carboxylic acids is 2. The van der Waals surface area contributed by atoms with E-state index in [9.17, 15) is 14.4 Å². The van der Waals surface area contributed by atoms with Gasteiger partial charge in [0.15, 0.2) is 6.04 Å². The van der Waals surface area contributed by atoms with Crippen LogP contribution in [0.1, 0.15) is 33.2 Å². The van der Waals surface area contributed by atoms with Gasteiger partial charge in [0, 0.05) is 10.9 Å². The first-order valence-corrected chi connectivity index (χ1v) is 10.3. The number of amides is 2. The van der Waals surface area contributed by atoms with Crippen molar-refractivity contribution < 1.29 is 9.59 Å². The zero-order valence-corrected chi connectivity index (χ0v) is 17.8. The summed E-state index contributed by atoms with van der Waals surface area (Å²) in [5, 5.41) is 14.0. The predicted octanol–water partition coefficient (Wildman–Crippen LogP) is 2.85. The van der Waals surface area contributed by atoms with Gasteiger partial charge >= 0.3 is 0 Å². The van der Waals surface area contributed by atoms with Crippen LogP contribution in [0.3, 0.4) is 0 Å². The van der Waals surface area contributed by atoms with Crippen molar-refractivity contribution in [2.45, 2.75) is 13.0 Å². The highest BCUT2D eigenvalue weighted by molar-refractivity contribution is 5.99. The number of benzene rings is 3. The lowest BCUT2D eigenvalue weighted by Gasteiger charge is -2.18. The van der Waals surface area contributed by atoms with Gasteiger partial charge in [0.05, 0.1) is 11.6 Å². The Kier molecular flexibility index (Phi) is 6.36. The van der Waals surface area contributed by atoms with Gasteiger partial charge in [-0.25, -0.2) is 10.5 Å². The van der Waals surface area contributed by atoms with Crippen LogP contribution in [-0.2, 0) is 4.79 Å². The molecule has 3 N–H and O–H groups in total. The largest absolute Gasteiger partial charge is 0.335 e. The van der Waals surface area contributed by atoms with Gasteiger partial charge in [-0.1, -0.05) is 66.2 Å². The molecule has 2 amide bonds. The first-order chi connectivity index (χ1) is 16.0. The molecule has 0 radical (unpaired) electrons. The highest BCUT2D eigenvalue weighted by atomic mass is 16.2. The fraction of sp³-hybridized carbons (Fsp3) is 0.0800. The third-order valence-electron chi connectivity index (χ3n) is 5.00. The van der Waals surface area contributed by atoms with Crippen LogP contribution >= 0.6 is 0 Å². The lowest BCUT2D eigenvalue weighted by molar-refractivity contribution is -0.123. The molecule has 1 heterocycles. The molecule has 0 fully saturated rings. The van der Waals surface area contributed by atoms with Crippen LogP contribution in [0.4, 0.5) is 0 Å². The highest BCUT2D eigenvalue weighted by Gasteiger charge is 2.27. The lowest BCUT2D eigenvalue weighted by atomic mass is 10.0. The summed E-state index contributed by atoms with van der Waals surface area (Å²) in [6, 6.07) is 21.7. The molecule has 0 saturated heterocycles. The summed E-state index contributed by atoms with van der Waals surface area (Å²) in [6.45, 7) is 1.96. The molecule has 0 aliphatic rings. The summed E-state index contributed by atoms with van der Waals surface area (Å²) in [4.78, 5) is 38.2. The number of fused-ring (bicyclic) bond motifs is 1. The zero-order valence-electron chi connectivity index (χ0n) is 17.8. The summed E-state index contributed by atoms with van der Waals surface area (Å²) >= 11 is 0.